The summed E-state index contributed by atoms with van der Waals surface area (Å²) >= 11 is 0. The Hall–Kier alpha value is -0.790. The standard InChI is InChI=1S/C13H17N3.2ClH/c14-9-11-3-1-2-4-12(11)10-16-7-5-13(15)6-8-16;;/h1-4,13H,5-8,10,15H2;2*1H. The number of hydrogen-bond donors (Lipinski definition) is 1. The molecule has 0 spiro atoms. The molecule has 18 heavy (non-hydrogen) atoms. The van der Waals surface area contributed by atoms with Gasteiger partial charge in [-0.1, -0.05) is 18.2 Å². The molecule has 0 aliphatic carbocycles. The molecule has 100 valence electrons. The predicted octanol–water partition coefficient (Wildman–Crippen LogP) is 2.32. The summed E-state index contributed by atoms with van der Waals surface area (Å²) in [5, 5.41) is 9.00. The Bertz CT molecular complexity index is 395. The van der Waals surface area contributed by atoms with E-state index in [2.05, 4.69) is 11.0 Å². The number of rotatable bonds is 2. The molecule has 1 aliphatic rings. The fourth-order valence-electron chi connectivity index (χ4n) is 2.12. The average molecular weight is 288 g/mol. The van der Waals surface area contributed by atoms with Crippen LogP contribution in [0.15, 0.2) is 24.3 Å². The van der Waals surface area contributed by atoms with Crippen LogP contribution in [0.3, 0.4) is 0 Å². The van der Waals surface area contributed by atoms with Gasteiger partial charge in [-0.3, -0.25) is 4.90 Å². The Kier molecular flexibility index (Phi) is 7.97. The molecule has 0 atom stereocenters. The van der Waals surface area contributed by atoms with Gasteiger partial charge in [0, 0.05) is 12.6 Å². The lowest BCUT2D eigenvalue weighted by Gasteiger charge is -2.30. The smallest absolute Gasteiger partial charge is 0.0995 e. The third-order valence-corrected chi connectivity index (χ3v) is 3.16. The highest BCUT2D eigenvalue weighted by Crippen LogP contribution is 2.15. The number of benzene rings is 1. The first-order valence-electron chi connectivity index (χ1n) is 5.75. The third kappa shape index (κ3) is 4.47. The lowest BCUT2D eigenvalue weighted by atomic mass is 10.0. The summed E-state index contributed by atoms with van der Waals surface area (Å²) in [5.41, 5.74) is 7.78. The van der Waals surface area contributed by atoms with E-state index in [1.165, 1.54) is 0 Å². The lowest BCUT2D eigenvalue weighted by molar-refractivity contribution is 0.205. The fraction of sp³-hybridized carbons (Fsp3) is 0.462. The van der Waals surface area contributed by atoms with Crippen LogP contribution in [-0.4, -0.2) is 24.0 Å². The maximum Gasteiger partial charge on any atom is 0.0995 e. The second-order valence-corrected chi connectivity index (χ2v) is 4.38. The third-order valence-electron chi connectivity index (χ3n) is 3.16. The Balaban J connectivity index is 0.00000144. The van der Waals surface area contributed by atoms with E-state index in [1.54, 1.807) is 0 Å². The van der Waals surface area contributed by atoms with Crippen LogP contribution in [0.2, 0.25) is 0 Å². The number of piperidine rings is 1. The molecule has 1 aliphatic heterocycles. The molecule has 0 amide bonds. The minimum Gasteiger partial charge on any atom is -0.328 e. The van der Waals surface area contributed by atoms with Crippen molar-refractivity contribution in [3.8, 4) is 6.07 Å². The number of nitrogens with zero attached hydrogens (tertiary/aromatic N) is 2. The van der Waals surface area contributed by atoms with Crippen molar-refractivity contribution in [2.24, 2.45) is 5.73 Å². The minimum atomic E-state index is 0. The van der Waals surface area contributed by atoms with Crippen LogP contribution in [0.4, 0.5) is 0 Å². The van der Waals surface area contributed by atoms with Crippen LogP contribution >= 0.6 is 24.8 Å². The Morgan fingerprint density at radius 3 is 2.44 bits per heavy atom. The molecule has 0 bridgehead atoms. The maximum absolute atomic E-state index is 9.00. The van der Waals surface area contributed by atoms with Gasteiger partial charge in [-0.2, -0.15) is 5.26 Å². The molecule has 0 saturated carbocycles. The first kappa shape index (κ1) is 17.2. The highest BCUT2D eigenvalue weighted by atomic mass is 35.5. The molecule has 1 heterocycles. The van der Waals surface area contributed by atoms with E-state index in [4.69, 9.17) is 11.0 Å². The zero-order valence-electron chi connectivity index (χ0n) is 10.2. The Morgan fingerprint density at radius 1 is 1.22 bits per heavy atom. The lowest BCUT2D eigenvalue weighted by Crippen LogP contribution is -2.39. The van der Waals surface area contributed by atoms with E-state index in [9.17, 15) is 0 Å². The van der Waals surface area contributed by atoms with Gasteiger partial charge >= 0.3 is 0 Å². The average Bonchev–Trinajstić information content (AvgIpc) is 2.33. The van der Waals surface area contributed by atoms with E-state index in [1.807, 2.05) is 24.3 Å². The monoisotopic (exact) mass is 287 g/mol. The fourth-order valence-corrected chi connectivity index (χ4v) is 2.12. The number of hydrogen-bond acceptors (Lipinski definition) is 3. The highest BCUT2D eigenvalue weighted by Gasteiger charge is 2.16. The number of nitrogens with two attached hydrogens (primary N) is 1. The maximum atomic E-state index is 9.00. The number of likely N-dealkylation sites (tertiary alicyclic amines) is 1. The van der Waals surface area contributed by atoms with Crippen molar-refractivity contribution in [2.45, 2.75) is 25.4 Å². The van der Waals surface area contributed by atoms with Gasteiger partial charge in [0.2, 0.25) is 0 Å². The molecule has 0 unspecified atom stereocenters. The summed E-state index contributed by atoms with van der Waals surface area (Å²) in [6, 6.07) is 10.4. The predicted molar refractivity (Wildman–Crippen MR) is 78.1 cm³/mol. The second-order valence-electron chi connectivity index (χ2n) is 4.38. The molecule has 2 rings (SSSR count). The van der Waals surface area contributed by atoms with Crippen molar-refractivity contribution in [2.75, 3.05) is 13.1 Å². The number of halogens is 2. The zero-order valence-corrected chi connectivity index (χ0v) is 11.8. The van der Waals surface area contributed by atoms with Crippen molar-refractivity contribution in [1.82, 2.24) is 4.90 Å². The van der Waals surface area contributed by atoms with Gasteiger partial charge in [-0.15, -0.1) is 24.8 Å². The molecule has 3 nitrogen and oxygen atoms in total. The van der Waals surface area contributed by atoms with Crippen LogP contribution in [0.5, 0.6) is 0 Å². The van der Waals surface area contributed by atoms with E-state index < -0.39 is 0 Å². The van der Waals surface area contributed by atoms with Gasteiger partial charge in [0.05, 0.1) is 11.6 Å². The van der Waals surface area contributed by atoms with Crippen molar-refractivity contribution >= 4 is 24.8 Å². The zero-order chi connectivity index (χ0) is 11.4. The summed E-state index contributed by atoms with van der Waals surface area (Å²) in [5.74, 6) is 0. The summed E-state index contributed by atoms with van der Waals surface area (Å²) in [7, 11) is 0. The molecule has 1 saturated heterocycles. The van der Waals surface area contributed by atoms with Crippen LogP contribution in [0.1, 0.15) is 24.0 Å². The quantitative estimate of drug-likeness (QED) is 0.908. The van der Waals surface area contributed by atoms with Gasteiger partial charge in [0.15, 0.2) is 0 Å². The normalized spacial score (nSPS) is 16.2. The largest absolute Gasteiger partial charge is 0.328 e. The van der Waals surface area contributed by atoms with Crippen molar-refractivity contribution in [3.05, 3.63) is 35.4 Å². The van der Waals surface area contributed by atoms with Crippen LogP contribution in [-0.2, 0) is 6.54 Å². The van der Waals surface area contributed by atoms with Gasteiger partial charge in [-0.25, -0.2) is 0 Å². The first-order valence-corrected chi connectivity index (χ1v) is 5.75. The van der Waals surface area contributed by atoms with Gasteiger partial charge in [0.25, 0.3) is 0 Å². The molecule has 1 aromatic carbocycles. The summed E-state index contributed by atoms with van der Waals surface area (Å²) in [6.45, 7) is 2.96. The first-order chi connectivity index (χ1) is 7.79. The molecular weight excluding hydrogens is 269 g/mol. The highest BCUT2D eigenvalue weighted by molar-refractivity contribution is 5.85. The van der Waals surface area contributed by atoms with Crippen LogP contribution in [0, 0.1) is 11.3 Å². The van der Waals surface area contributed by atoms with E-state index in [0.29, 0.717) is 6.04 Å². The van der Waals surface area contributed by atoms with Crippen LogP contribution < -0.4 is 5.73 Å². The number of nitriles is 1. The Morgan fingerprint density at radius 2 is 1.83 bits per heavy atom. The molecule has 0 radical (unpaired) electrons. The SMILES string of the molecule is Cl.Cl.N#Cc1ccccc1CN1CCC(N)CC1. The molecule has 1 fully saturated rings. The van der Waals surface area contributed by atoms with Gasteiger partial charge in [0.1, 0.15) is 0 Å². The van der Waals surface area contributed by atoms with E-state index >= 15 is 0 Å². The molecule has 5 heteroatoms. The summed E-state index contributed by atoms with van der Waals surface area (Å²) in [6.07, 6.45) is 2.13. The minimum absolute atomic E-state index is 0. The van der Waals surface area contributed by atoms with Crippen molar-refractivity contribution in [1.29, 1.82) is 5.26 Å². The van der Waals surface area contributed by atoms with Crippen molar-refractivity contribution < 1.29 is 0 Å². The molecule has 2 N–H and O–H groups in total. The van der Waals surface area contributed by atoms with Gasteiger partial charge in [-0.05, 0) is 37.6 Å². The topological polar surface area (TPSA) is 53.0 Å². The molecule has 1 aromatic rings. The molecular formula is C13H19Cl2N3. The van der Waals surface area contributed by atoms with Crippen LogP contribution in [0.25, 0.3) is 0 Å². The van der Waals surface area contributed by atoms with Gasteiger partial charge < -0.3 is 5.73 Å². The summed E-state index contributed by atoms with van der Waals surface area (Å²) < 4.78 is 0. The summed E-state index contributed by atoms with van der Waals surface area (Å²) in [4.78, 5) is 2.37. The van der Waals surface area contributed by atoms with E-state index in [0.717, 1.165) is 43.6 Å². The Labute approximate surface area is 121 Å². The second kappa shape index (κ2) is 8.34. The molecule has 0 aromatic heterocycles. The van der Waals surface area contributed by atoms with E-state index in [-0.39, 0.29) is 24.8 Å². The van der Waals surface area contributed by atoms with Crippen molar-refractivity contribution in [3.63, 3.8) is 0 Å².